The van der Waals surface area contributed by atoms with Crippen LogP contribution in [0.2, 0.25) is 0 Å². The number of piperidine rings is 1. The van der Waals surface area contributed by atoms with Gasteiger partial charge in [-0.05, 0) is 43.5 Å². The summed E-state index contributed by atoms with van der Waals surface area (Å²) < 4.78 is 35.2. The van der Waals surface area contributed by atoms with Crippen molar-refractivity contribution in [3.05, 3.63) is 35.4 Å². The van der Waals surface area contributed by atoms with E-state index in [1.54, 1.807) is 11.4 Å². The van der Waals surface area contributed by atoms with Gasteiger partial charge in [0.1, 0.15) is 0 Å². The second kappa shape index (κ2) is 8.79. The molecule has 2 N–H and O–H groups in total. The van der Waals surface area contributed by atoms with Crippen LogP contribution in [-0.4, -0.2) is 52.6 Å². The summed E-state index contributed by atoms with van der Waals surface area (Å²) in [5, 5.41) is 3.33. The number of benzene rings is 1. The van der Waals surface area contributed by atoms with Crippen molar-refractivity contribution in [3.63, 3.8) is 0 Å². The Labute approximate surface area is 156 Å². The first-order valence-electron chi connectivity index (χ1n) is 8.56. The Morgan fingerprint density at radius 3 is 2.60 bits per heavy atom. The molecule has 2 heterocycles. The van der Waals surface area contributed by atoms with Crippen molar-refractivity contribution in [3.8, 4) is 0 Å². The summed E-state index contributed by atoms with van der Waals surface area (Å²) in [4.78, 5) is 0. The zero-order valence-corrected chi connectivity index (χ0v) is 16.3. The lowest BCUT2D eigenvalue weighted by Gasteiger charge is -2.38. The third-order valence-electron chi connectivity index (χ3n) is 5.18. The van der Waals surface area contributed by atoms with Crippen LogP contribution in [0.3, 0.4) is 0 Å². The molecule has 1 aromatic carbocycles. The molecule has 142 valence electrons. The van der Waals surface area contributed by atoms with Crippen LogP contribution in [0.25, 0.3) is 0 Å². The Bertz CT molecular complexity index is 657. The van der Waals surface area contributed by atoms with Crippen LogP contribution in [0.4, 0.5) is 0 Å². The molecule has 0 aromatic heterocycles. The van der Waals surface area contributed by atoms with Gasteiger partial charge in [0.25, 0.3) is 10.2 Å². The Morgan fingerprint density at radius 1 is 1.24 bits per heavy atom. The number of hydrogen-bond acceptors (Lipinski definition) is 4. The third-order valence-corrected chi connectivity index (χ3v) is 6.68. The summed E-state index contributed by atoms with van der Waals surface area (Å²) >= 11 is 0. The van der Waals surface area contributed by atoms with E-state index in [4.69, 9.17) is 4.74 Å². The van der Waals surface area contributed by atoms with Crippen molar-refractivity contribution >= 4 is 22.6 Å². The second-order valence-corrected chi connectivity index (χ2v) is 8.62. The molecule has 0 atom stereocenters. The van der Waals surface area contributed by atoms with E-state index < -0.39 is 10.2 Å². The fraction of sp³-hybridized carbons (Fsp3) is 0.647. The maximum absolute atomic E-state index is 12.7. The molecule has 2 aliphatic rings. The predicted octanol–water partition coefficient (Wildman–Crippen LogP) is 1.32. The van der Waals surface area contributed by atoms with Crippen LogP contribution < -0.4 is 10.0 Å². The minimum atomic E-state index is -3.47. The summed E-state index contributed by atoms with van der Waals surface area (Å²) in [7, 11) is -1.79. The fourth-order valence-corrected chi connectivity index (χ4v) is 4.96. The zero-order chi connectivity index (χ0) is 17.0. The summed E-state index contributed by atoms with van der Waals surface area (Å²) in [5.41, 5.74) is 2.24. The van der Waals surface area contributed by atoms with Gasteiger partial charge in [-0.25, -0.2) is 4.72 Å². The molecule has 8 heteroatoms. The fourth-order valence-electron chi connectivity index (χ4n) is 3.65. The molecular formula is C17H28ClN3O3S. The predicted molar refractivity (Wildman–Crippen MR) is 101 cm³/mol. The van der Waals surface area contributed by atoms with Crippen molar-refractivity contribution in [2.75, 3.05) is 39.9 Å². The highest BCUT2D eigenvalue weighted by Crippen LogP contribution is 2.29. The van der Waals surface area contributed by atoms with E-state index in [2.05, 4.69) is 16.1 Å². The summed E-state index contributed by atoms with van der Waals surface area (Å²) in [5.74, 6) is 0. The number of halogens is 1. The van der Waals surface area contributed by atoms with Gasteiger partial charge in [0, 0.05) is 32.2 Å². The molecule has 6 nitrogen and oxygen atoms in total. The first-order chi connectivity index (χ1) is 11.5. The van der Waals surface area contributed by atoms with Gasteiger partial charge in [-0.2, -0.15) is 12.7 Å². The SMILES string of the molecule is COCC1(CNS(=O)(=O)N2CCc3ccccc3C2)CCNCC1.Cl. The van der Waals surface area contributed by atoms with Crippen LogP contribution in [0.15, 0.2) is 24.3 Å². The highest BCUT2D eigenvalue weighted by molar-refractivity contribution is 7.87. The summed E-state index contributed by atoms with van der Waals surface area (Å²) in [6.07, 6.45) is 2.61. The van der Waals surface area contributed by atoms with Gasteiger partial charge in [0.05, 0.1) is 6.61 Å². The molecule has 0 radical (unpaired) electrons. The van der Waals surface area contributed by atoms with Crippen LogP contribution in [0.5, 0.6) is 0 Å². The van der Waals surface area contributed by atoms with Crippen molar-refractivity contribution in [2.45, 2.75) is 25.8 Å². The number of nitrogens with one attached hydrogen (secondary N) is 2. The minimum Gasteiger partial charge on any atom is -0.384 e. The largest absolute Gasteiger partial charge is 0.384 e. The maximum atomic E-state index is 12.7. The van der Waals surface area contributed by atoms with E-state index in [0.29, 0.717) is 26.2 Å². The first kappa shape index (κ1) is 20.6. The molecule has 0 spiro atoms. The van der Waals surface area contributed by atoms with Gasteiger partial charge in [-0.15, -0.1) is 12.4 Å². The molecule has 1 fully saturated rings. The smallest absolute Gasteiger partial charge is 0.279 e. The van der Waals surface area contributed by atoms with Gasteiger partial charge < -0.3 is 10.1 Å². The lowest BCUT2D eigenvalue weighted by molar-refractivity contribution is 0.0573. The number of rotatable bonds is 6. The normalized spacial score (nSPS) is 20.5. The third kappa shape index (κ3) is 4.93. The maximum Gasteiger partial charge on any atom is 0.279 e. The first-order valence-corrected chi connectivity index (χ1v) is 10.00. The molecule has 1 aromatic rings. The van der Waals surface area contributed by atoms with Gasteiger partial charge in [-0.1, -0.05) is 24.3 Å². The van der Waals surface area contributed by atoms with Crippen molar-refractivity contribution < 1.29 is 13.2 Å². The molecule has 0 amide bonds. The van der Waals surface area contributed by atoms with Gasteiger partial charge in [0.15, 0.2) is 0 Å². The Morgan fingerprint density at radius 2 is 1.92 bits per heavy atom. The summed E-state index contributed by atoms with van der Waals surface area (Å²) in [6.45, 7) is 3.81. The average Bonchev–Trinajstić information content (AvgIpc) is 2.61. The standard InChI is InChI=1S/C17H27N3O3S.ClH/c1-23-14-17(7-9-18-10-8-17)13-19-24(21,22)20-11-6-15-4-2-3-5-16(15)12-20;/h2-5,18-19H,6-14H2,1H3;1H. The number of ether oxygens (including phenoxy) is 1. The molecule has 3 rings (SSSR count). The van der Waals surface area contributed by atoms with Gasteiger partial charge in [-0.3, -0.25) is 0 Å². The van der Waals surface area contributed by atoms with Gasteiger partial charge in [0.2, 0.25) is 0 Å². The molecule has 0 unspecified atom stereocenters. The molecule has 2 aliphatic heterocycles. The monoisotopic (exact) mass is 389 g/mol. The molecule has 0 saturated carbocycles. The van der Waals surface area contributed by atoms with Gasteiger partial charge >= 0.3 is 0 Å². The van der Waals surface area contributed by atoms with Crippen molar-refractivity contribution in [1.29, 1.82) is 0 Å². The average molecular weight is 390 g/mol. The second-order valence-electron chi connectivity index (χ2n) is 6.86. The lowest BCUT2D eigenvalue weighted by atomic mass is 9.80. The topological polar surface area (TPSA) is 70.7 Å². The molecule has 0 aliphatic carbocycles. The zero-order valence-electron chi connectivity index (χ0n) is 14.7. The van der Waals surface area contributed by atoms with Crippen LogP contribution in [-0.2, 0) is 27.9 Å². The molecule has 0 bridgehead atoms. The van der Waals surface area contributed by atoms with E-state index in [-0.39, 0.29) is 17.8 Å². The Balaban J connectivity index is 0.00000225. The number of hydrogen-bond donors (Lipinski definition) is 2. The van der Waals surface area contributed by atoms with Crippen LogP contribution in [0, 0.1) is 5.41 Å². The van der Waals surface area contributed by atoms with Crippen LogP contribution >= 0.6 is 12.4 Å². The number of fused-ring (bicyclic) bond motifs is 1. The van der Waals surface area contributed by atoms with E-state index in [1.165, 1.54) is 5.56 Å². The molecule has 1 saturated heterocycles. The van der Waals surface area contributed by atoms with Crippen molar-refractivity contribution in [1.82, 2.24) is 14.3 Å². The van der Waals surface area contributed by atoms with E-state index in [0.717, 1.165) is 37.9 Å². The Kier molecular flexibility index (Phi) is 7.25. The molecule has 25 heavy (non-hydrogen) atoms. The quantitative estimate of drug-likeness (QED) is 0.769. The lowest BCUT2D eigenvalue weighted by Crippen LogP contribution is -2.50. The highest BCUT2D eigenvalue weighted by atomic mass is 35.5. The van der Waals surface area contributed by atoms with E-state index in [9.17, 15) is 8.42 Å². The van der Waals surface area contributed by atoms with E-state index >= 15 is 0 Å². The Hall–Kier alpha value is -0.700. The molecular weight excluding hydrogens is 362 g/mol. The van der Waals surface area contributed by atoms with Crippen LogP contribution in [0.1, 0.15) is 24.0 Å². The highest BCUT2D eigenvalue weighted by Gasteiger charge is 2.35. The number of methoxy groups -OCH3 is 1. The van der Waals surface area contributed by atoms with E-state index in [1.807, 2.05) is 18.2 Å². The van der Waals surface area contributed by atoms with Crippen molar-refractivity contribution in [2.24, 2.45) is 5.41 Å². The minimum absolute atomic E-state index is 0. The summed E-state index contributed by atoms with van der Waals surface area (Å²) in [6, 6.07) is 8.06. The number of nitrogens with zero attached hydrogens (tertiary/aromatic N) is 1.